The van der Waals surface area contributed by atoms with E-state index in [1.807, 2.05) is 0 Å². The van der Waals surface area contributed by atoms with Crippen molar-refractivity contribution in [2.24, 2.45) is 23.7 Å². The fourth-order valence-electron chi connectivity index (χ4n) is 11.0. The number of aliphatic hydroxyl groups excluding tert-OH is 1. The van der Waals surface area contributed by atoms with E-state index in [2.05, 4.69) is 55.4 Å². The van der Waals surface area contributed by atoms with Crippen LogP contribution < -0.4 is 0 Å². The molecule has 0 amide bonds. The molecule has 0 aliphatic heterocycles. The van der Waals surface area contributed by atoms with Crippen LogP contribution in [0.1, 0.15) is 364 Å². The minimum atomic E-state index is -4.96. The number of rotatable bonds is 70. The van der Waals surface area contributed by atoms with Gasteiger partial charge in [0, 0.05) is 25.7 Å². The molecule has 0 fully saturated rings. The van der Waals surface area contributed by atoms with Crippen molar-refractivity contribution in [3.63, 3.8) is 0 Å². The quantitative estimate of drug-likeness (QED) is 0.0222. The standard InChI is InChI=1S/C73H142O17P2/c1-9-65(7)51-43-35-26-22-19-20-24-28-39-47-55-72(77)89-68(59-83-70(75)53-45-37-27-23-18-16-14-12-11-13-15-17-21-25-33-41-49-63(3)4)61-87-91(79,80)85-57-67(74)58-86-92(81,82)88-62-69(90-73(78)56-48-40-31-29-34-42-50-64(5)6)60-84-71(76)54-46-38-32-30-36-44-52-66(8)10-2/h63-69,74H,9-62H2,1-8H3,(H,79,80)(H,81,82)/t65?,66?,67-,68-,69-/m1/s1. The summed E-state index contributed by atoms with van der Waals surface area (Å²) in [6.07, 6.45) is 46.0. The van der Waals surface area contributed by atoms with E-state index in [4.69, 9.17) is 37.0 Å². The lowest BCUT2D eigenvalue weighted by molar-refractivity contribution is -0.161. The van der Waals surface area contributed by atoms with Crippen LogP contribution in [0, 0.1) is 23.7 Å². The minimum Gasteiger partial charge on any atom is -0.462 e. The number of ether oxygens (including phenoxy) is 4. The number of carbonyl (C=O) groups is 4. The zero-order valence-corrected chi connectivity index (χ0v) is 62.0. The van der Waals surface area contributed by atoms with Crippen LogP contribution in [-0.2, 0) is 65.4 Å². The molecule has 0 saturated carbocycles. The first-order chi connectivity index (χ1) is 44.2. The molecule has 0 aromatic rings. The average Bonchev–Trinajstić information content (AvgIpc) is 2.65. The molecule has 0 rings (SSSR count). The normalized spacial score (nSPS) is 14.8. The van der Waals surface area contributed by atoms with Crippen molar-refractivity contribution in [2.75, 3.05) is 39.6 Å². The van der Waals surface area contributed by atoms with Crippen molar-refractivity contribution in [1.82, 2.24) is 0 Å². The van der Waals surface area contributed by atoms with Gasteiger partial charge < -0.3 is 33.8 Å². The van der Waals surface area contributed by atoms with Crippen LogP contribution >= 0.6 is 15.6 Å². The summed E-state index contributed by atoms with van der Waals surface area (Å²) in [4.78, 5) is 72.6. The third-order valence-corrected chi connectivity index (χ3v) is 19.4. The van der Waals surface area contributed by atoms with Crippen molar-refractivity contribution < 1.29 is 80.2 Å². The SMILES string of the molecule is CCC(C)CCCCCCCCCCCCC(=O)O[C@H](COC(=O)CCCCCCCCCCCCCCCCCCC(C)C)COP(=O)(O)OC[C@@H](O)COP(=O)(O)OC[C@@H](COC(=O)CCCCCCCCC(C)CC)OC(=O)CCCCCCCCC(C)C. The van der Waals surface area contributed by atoms with Gasteiger partial charge in [-0.3, -0.25) is 37.3 Å². The van der Waals surface area contributed by atoms with Gasteiger partial charge in [0.15, 0.2) is 12.2 Å². The highest BCUT2D eigenvalue weighted by atomic mass is 31.2. The first-order valence-corrected chi connectivity index (χ1v) is 40.8. The van der Waals surface area contributed by atoms with Gasteiger partial charge in [-0.2, -0.15) is 0 Å². The fraction of sp³-hybridized carbons (Fsp3) is 0.945. The van der Waals surface area contributed by atoms with Crippen LogP contribution in [0.2, 0.25) is 0 Å². The predicted molar refractivity (Wildman–Crippen MR) is 372 cm³/mol. The predicted octanol–water partition coefficient (Wildman–Crippen LogP) is 20.9. The van der Waals surface area contributed by atoms with Gasteiger partial charge in [0.1, 0.15) is 19.3 Å². The molecule has 3 N–H and O–H groups in total. The van der Waals surface area contributed by atoms with Gasteiger partial charge in [0.25, 0.3) is 0 Å². The van der Waals surface area contributed by atoms with Crippen LogP contribution in [0.5, 0.6) is 0 Å². The molecule has 0 bridgehead atoms. The number of hydrogen-bond donors (Lipinski definition) is 3. The Labute approximate surface area is 562 Å². The Balaban J connectivity index is 5.20. The number of phosphoric acid groups is 2. The number of carbonyl (C=O) groups excluding carboxylic acids is 4. The Kier molecular flexibility index (Phi) is 61.3. The molecular formula is C73H142O17P2. The smallest absolute Gasteiger partial charge is 0.462 e. The molecule has 92 heavy (non-hydrogen) atoms. The molecule has 17 nitrogen and oxygen atoms in total. The summed E-state index contributed by atoms with van der Waals surface area (Å²) >= 11 is 0. The number of unbranched alkanes of at least 4 members (excludes halogenated alkanes) is 34. The fourth-order valence-corrected chi connectivity index (χ4v) is 12.5. The van der Waals surface area contributed by atoms with Crippen LogP contribution in [0.15, 0.2) is 0 Å². The van der Waals surface area contributed by atoms with Crippen molar-refractivity contribution in [1.29, 1.82) is 0 Å². The largest absolute Gasteiger partial charge is 0.472 e. The molecule has 0 aliphatic carbocycles. The van der Waals surface area contributed by atoms with E-state index in [0.717, 1.165) is 114 Å². The maximum atomic E-state index is 13.1. The third-order valence-electron chi connectivity index (χ3n) is 17.5. The number of aliphatic hydroxyl groups is 1. The summed E-state index contributed by atoms with van der Waals surface area (Å²) in [5, 5.41) is 10.6. The maximum absolute atomic E-state index is 13.1. The zero-order chi connectivity index (χ0) is 68.2. The van der Waals surface area contributed by atoms with E-state index in [1.165, 1.54) is 161 Å². The average molecular weight is 1350 g/mol. The Morgan fingerprint density at radius 1 is 0.304 bits per heavy atom. The van der Waals surface area contributed by atoms with Crippen LogP contribution in [0.3, 0.4) is 0 Å². The molecule has 19 heteroatoms. The molecular weight excluding hydrogens is 1210 g/mol. The topological polar surface area (TPSA) is 237 Å². The van der Waals surface area contributed by atoms with Crippen molar-refractivity contribution >= 4 is 39.5 Å². The zero-order valence-electron chi connectivity index (χ0n) is 60.2. The Morgan fingerprint density at radius 2 is 0.522 bits per heavy atom. The first kappa shape index (κ1) is 90.1. The van der Waals surface area contributed by atoms with E-state index in [9.17, 15) is 43.2 Å². The third kappa shape index (κ3) is 64.1. The molecule has 7 atom stereocenters. The number of hydrogen-bond acceptors (Lipinski definition) is 15. The monoisotopic (exact) mass is 1350 g/mol. The van der Waals surface area contributed by atoms with Crippen LogP contribution in [0.4, 0.5) is 0 Å². The van der Waals surface area contributed by atoms with Crippen LogP contribution in [0.25, 0.3) is 0 Å². The van der Waals surface area contributed by atoms with E-state index >= 15 is 0 Å². The molecule has 0 aliphatic rings. The molecule has 0 aromatic heterocycles. The van der Waals surface area contributed by atoms with E-state index in [0.29, 0.717) is 31.6 Å². The lowest BCUT2D eigenvalue weighted by atomic mass is 9.99. The van der Waals surface area contributed by atoms with Crippen molar-refractivity contribution in [3.8, 4) is 0 Å². The molecule has 0 saturated heterocycles. The van der Waals surface area contributed by atoms with Gasteiger partial charge in [0.05, 0.1) is 26.4 Å². The minimum absolute atomic E-state index is 0.101. The van der Waals surface area contributed by atoms with E-state index in [1.54, 1.807) is 0 Å². The van der Waals surface area contributed by atoms with Gasteiger partial charge in [-0.1, -0.05) is 312 Å². The van der Waals surface area contributed by atoms with Crippen LogP contribution in [-0.4, -0.2) is 96.7 Å². The molecule has 0 aromatic carbocycles. The lowest BCUT2D eigenvalue weighted by Crippen LogP contribution is -2.30. The van der Waals surface area contributed by atoms with Crippen molar-refractivity contribution in [3.05, 3.63) is 0 Å². The summed E-state index contributed by atoms with van der Waals surface area (Å²) in [5.41, 5.74) is 0. The second-order valence-electron chi connectivity index (χ2n) is 27.8. The summed E-state index contributed by atoms with van der Waals surface area (Å²) in [7, 11) is -9.91. The summed E-state index contributed by atoms with van der Waals surface area (Å²) in [6, 6.07) is 0. The highest BCUT2D eigenvalue weighted by molar-refractivity contribution is 7.47. The van der Waals surface area contributed by atoms with Gasteiger partial charge in [-0.15, -0.1) is 0 Å². The maximum Gasteiger partial charge on any atom is 0.472 e. The molecule has 0 spiro atoms. The van der Waals surface area contributed by atoms with E-state index in [-0.39, 0.29) is 25.7 Å². The Morgan fingerprint density at radius 3 is 0.772 bits per heavy atom. The highest BCUT2D eigenvalue weighted by Crippen LogP contribution is 2.45. The Hall–Kier alpha value is -1.94. The first-order valence-electron chi connectivity index (χ1n) is 37.8. The number of esters is 4. The van der Waals surface area contributed by atoms with Gasteiger partial charge in [-0.25, -0.2) is 9.13 Å². The summed E-state index contributed by atoms with van der Waals surface area (Å²) < 4.78 is 68.3. The van der Waals surface area contributed by atoms with Crippen molar-refractivity contribution in [2.45, 2.75) is 382 Å². The van der Waals surface area contributed by atoms with Gasteiger partial charge in [0.2, 0.25) is 0 Å². The second-order valence-corrected chi connectivity index (χ2v) is 30.7. The number of phosphoric ester groups is 2. The van der Waals surface area contributed by atoms with Gasteiger partial charge in [-0.05, 0) is 49.4 Å². The van der Waals surface area contributed by atoms with Gasteiger partial charge >= 0.3 is 39.5 Å². The molecule has 4 unspecified atom stereocenters. The summed E-state index contributed by atoms with van der Waals surface area (Å²) in [6.45, 7) is 14.1. The molecule has 0 heterocycles. The molecule has 0 radical (unpaired) electrons. The van der Waals surface area contributed by atoms with E-state index < -0.39 is 97.5 Å². The highest BCUT2D eigenvalue weighted by Gasteiger charge is 2.30. The second kappa shape index (κ2) is 62.6. The molecule has 546 valence electrons. The Bertz CT molecular complexity index is 1820. The lowest BCUT2D eigenvalue weighted by Gasteiger charge is -2.21. The summed E-state index contributed by atoms with van der Waals surface area (Å²) in [5.74, 6) is 0.885.